The van der Waals surface area contributed by atoms with Crippen molar-refractivity contribution in [2.45, 2.75) is 284 Å². The van der Waals surface area contributed by atoms with Crippen molar-refractivity contribution >= 4 is 17.9 Å². The van der Waals surface area contributed by atoms with Crippen LogP contribution in [0.3, 0.4) is 0 Å². The van der Waals surface area contributed by atoms with Crippen LogP contribution in [0.25, 0.3) is 0 Å². The molecule has 6 heteroatoms. The Kier molecular flexibility index (Phi) is 51.3. The van der Waals surface area contributed by atoms with Crippen molar-refractivity contribution in [3.8, 4) is 0 Å². The molecule has 0 aliphatic carbocycles. The summed E-state index contributed by atoms with van der Waals surface area (Å²) in [6, 6.07) is 0. The van der Waals surface area contributed by atoms with Gasteiger partial charge >= 0.3 is 17.9 Å². The van der Waals surface area contributed by atoms with E-state index in [1.54, 1.807) is 0 Å². The number of unbranched alkanes of at least 4 members (excludes halogenated alkanes) is 29. The first-order valence-corrected chi connectivity index (χ1v) is 27.8. The molecule has 0 saturated carbocycles. The molecule has 376 valence electrons. The monoisotopic (exact) mass is 909 g/mol. The van der Waals surface area contributed by atoms with Crippen molar-refractivity contribution in [2.75, 3.05) is 13.2 Å². The Morgan fingerprint density at radius 2 is 0.554 bits per heavy atom. The molecule has 65 heavy (non-hydrogen) atoms. The summed E-state index contributed by atoms with van der Waals surface area (Å²) >= 11 is 0. The number of carbonyl (C=O) groups is 3. The van der Waals surface area contributed by atoms with Gasteiger partial charge in [-0.2, -0.15) is 0 Å². The molecule has 0 spiro atoms. The van der Waals surface area contributed by atoms with E-state index in [9.17, 15) is 14.4 Å². The summed E-state index contributed by atoms with van der Waals surface area (Å²) in [5.74, 6) is -0.914. The van der Waals surface area contributed by atoms with Gasteiger partial charge in [-0.1, -0.05) is 229 Å². The van der Waals surface area contributed by atoms with Crippen LogP contribution in [0.1, 0.15) is 278 Å². The Bertz CT molecular complexity index is 1180. The molecule has 0 aromatic rings. The maximum atomic E-state index is 12.8. The zero-order chi connectivity index (χ0) is 47.2. The summed E-state index contributed by atoms with van der Waals surface area (Å²) in [4.78, 5) is 38.0. The Labute approximate surface area is 402 Å². The Balaban J connectivity index is 4.41. The summed E-state index contributed by atoms with van der Waals surface area (Å²) in [5.41, 5.74) is 0. The second-order valence-electron chi connectivity index (χ2n) is 18.5. The smallest absolute Gasteiger partial charge is 0.306 e. The molecule has 0 aromatic carbocycles. The Morgan fingerprint density at radius 1 is 0.308 bits per heavy atom. The standard InChI is InChI=1S/C59H104O6/c1-4-7-10-13-16-19-22-24-26-28-29-31-33-35-38-41-44-47-50-53-59(62)65-56(54-63-57(60)51-48-45-42-39-36-21-18-15-12-9-6-3)55-64-58(61)52-49-46-43-40-37-34-32-30-27-25-23-20-17-14-11-8-5-2/h16,19,24-27,29,31,35,38,56H,4-15,17-18,20-23,28,30,32-34,36-37,39-55H2,1-3H3/b19-16-,26-24-,27-25-,31-29-,38-35-/t56-/m0/s1. The lowest BCUT2D eigenvalue weighted by atomic mass is 10.1. The molecular formula is C59H104O6. The van der Waals surface area contributed by atoms with Gasteiger partial charge in [0.25, 0.3) is 0 Å². The van der Waals surface area contributed by atoms with Crippen molar-refractivity contribution in [1.29, 1.82) is 0 Å². The number of hydrogen-bond donors (Lipinski definition) is 0. The average Bonchev–Trinajstić information content (AvgIpc) is 3.30. The van der Waals surface area contributed by atoms with Gasteiger partial charge in [0.2, 0.25) is 0 Å². The van der Waals surface area contributed by atoms with E-state index < -0.39 is 6.10 Å². The SMILES string of the molecule is CCCCC/C=C\C/C=C\C/C=C\C/C=C\CCCCCC(=O)O[C@H](COC(=O)CCCCCCCCC/C=C\CCCCCCCC)COC(=O)CCCCCCCCCCCCC. The average molecular weight is 909 g/mol. The van der Waals surface area contributed by atoms with Gasteiger partial charge in [-0.15, -0.1) is 0 Å². The van der Waals surface area contributed by atoms with Crippen molar-refractivity contribution in [1.82, 2.24) is 0 Å². The first-order valence-electron chi connectivity index (χ1n) is 27.8. The second-order valence-corrected chi connectivity index (χ2v) is 18.5. The lowest BCUT2D eigenvalue weighted by Crippen LogP contribution is -2.30. The van der Waals surface area contributed by atoms with E-state index in [0.29, 0.717) is 19.3 Å². The van der Waals surface area contributed by atoms with Crippen molar-refractivity contribution in [3.05, 3.63) is 60.8 Å². The molecule has 0 unspecified atom stereocenters. The van der Waals surface area contributed by atoms with E-state index in [1.165, 1.54) is 154 Å². The van der Waals surface area contributed by atoms with Crippen LogP contribution in [0.2, 0.25) is 0 Å². The highest BCUT2D eigenvalue weighted by molar-refractivity contribution is 5.71. The third-order valence-electron chi connectivity index (χ3n) is 12.0. The van der Waals surface area contributed by atoms with Crippen LogP contribution in [0.15, 0.2) is 60.8 Å². The zero-order valence-corrected chi connectivity index (χ0v) is 43.0. The molecule has 0 radical (unpaired) electrons. The maximum Gasteiger partial charge on any atom is 0.306 e. The topological polar surface area (TPSA) is 78.9 Å². The van der Waals surface area contributed by atoms with Gasteiger partial charge in [-0.05, 0) is 89.9 Å². The molecule has 0 fully saturated rings. The molecule has 0 saturated heterocycles. The number of hydrogen-bond acceptors (Lipinski definition) is 6. The number of carbonyl (C=O) groups excluding carboxylic acids is 3. The lowest BCUT2D eigenvalue weighted by Gasteiger charge is -2.18. The van der Waals surface area contributed by atoms with E-state index in [-0.39, 0.29) is 31.1 Å². The quantitative estimate of drug-likeness (QED) is 0.0262. The summed E-state index contributed by atoms with van der Waals surface area (Å²) in [6.45, 7) is 6.59. The van der Waals surface area contributed by atoms with Crippen LogP contribution in [-0.2, 0) is 28.6 Å². The highest BCUT2D eigenvalue weighted by atomic mass is 16.6. The minimum Gasteiger partial charge on any atom is -0.462 e. The molecule has 0 rings (SSSR count). The third-order valence-corrected chi connectivity index (χ3v) is 12.0. The summed E-state index contributed by atoms with van der Waals surface area (Å²) < 4.78 is 16.8. The van der Waals surface area contributed by atoms with Crippen LogP contribution in [0.4, 0.5) is 0 Å². The molecule has 6 nitrogen and oxygen atoms in total. The van der Waals surface area contributed by atoms with Gasteiger partial charge in [-0.25, -0.2) is 0 Å². The minimum absolute atomic E-state index is 0.0864. The van der Waals surface area contributed by atoms with Gasteiger partial charge in [-0.3, -0.25) is 14.4 Å². The summed E-state index contributed by atoms with van der Waals surface area (Å²) in [7, 11) is 0. The maximum absolute atomic E-state index is 12.8. The molecule has 0 bridgehead atoms. The molecule has 0 N–H and O–H groups in total. The normalized spacial score (nSPS) is 12.5. The van der Waals surface area contributed by atoms with Gasteiger partial charge in [0.15, 0.2) is 6.10 Å². The van der Waals surface area contributed by atoms with Crippen LogP contribution in [-0.4, -0.2) is 37.2 Å². The van der Waals surface area contributed by atoms with Crippen LogP contribution >= 0.6 is 0 Å². The Morgan fingerprint density at radius 3 is 0.923 bits per heavy atom. The predicted octanol–water partition coefficient (Wildman–Crippen LogP) is 18.4. The number of rotatable bonds is 50. The largest absolute Gasteiger partial charge is 0.462 e. The highest BCUT2D eigenvalue weighted by Gasteiger charge is 2.19. The molecular weight excluding hydrogens is 805 g/mol. The van der Waals surface area contributed by atoms with Crippen LogP contribution in [0, 0.1) is 0 Å². The van der Waals surface area contributed by atoms with E-state index in [1.807, 2.05) is 0 Å². The van der Waals surface area contributed by atoms with E-state index >= 15 is 0 Å². The molecule has 0 amide bonds. The molecule has 0 aliphatic heterocycles. The number of esters is 3. The molecule has 0 aromatic heterocycles. The Hall–Kier alpha value is -2.89. The fourth-order valence-electron chi connectivity index (χ4n) is 7.77. The van der Waals surface area contributed by atoms with Crippen molar-refractivity contribution in [2.24, 2.45) is 0 Å². The number of ether oxygens (including phenoxy) is 3. The third kappa shape index (κ3) is 51.9. The lowest BCUT2D eigenvalue weighted by molar-refractivity contribution is -0.167. The molecule has 1 atom stereocenters. The van der Waals surface area contributed by atoms with E-state index in [2.05, 4.69) is 81.5 Å². The highest BCUT2D eigenvalue weighted by Crippen LogP contribution is 2.15. The van der Waals surface area contributed by atoms with Crippen LogP contribution in [0.5, 0.6) is 0 Å². The van der Waals surface area contributed by atoms with Crippen molar-refractivity contribution < 1.29 is 28.6 Å². The van der Waals surface area contributed by atoms with Crippen LogP contribution < -0.4 is 0 Å². The fraction of sp³-hybridized carbons (Fsp3) is 0.780. The second kappa shape index (κ2) is 53.7. The zero-order valence-electron chi connectivity index (χ0n) is 43.0. The van der Waals surface area contributed by atoms with E-state index in [0.717, 1.165) is 83.5 Å². The van der Waals surface area contributed by atoms with Crippen molar-refractivity contribution in [3.63, 3.8) is 0 Å². The van der Waals surface area contributed by atoms with Gasteiger partial charge in [0.05, 0.1) is 0 Å². The number of allylic oxidation sites excluding steroid dienone is 10. The first-order chi connectivity index (χ1) is 32.0. The predicted molar refractivity (Wildman–Crippen MR) is 279 cm³/mol. The molecule has 0 aliphatic rings. The van der Waals surface area contributed by atoms with E-state index in [4.69, 9.17) is 14.2 Å². The van der Waals surface area contributed by atoms with Gasteiger partial charge in [0, 0.05) is 19.3 Å². The van der Waals surface area contributed by atoms with Gasteiger partial charge < -0.3 is 14.2 Å². The fourth-order valence-corrected chi connectivity index (χ4v) is 7.77. The summed E-state index contributed by atoms with van der Waals surface area (Å²) in [5, 5.41) is 0. The first kappa shape index (κ1) is 62.1. The minimum atomic E-state index is -0.790. The molecule has 0 heterocycles. The van der Waals surface area contributed by atoms with Gasteiger partial charge in [0.1, 0.15) is 13.2 Å². The summed E-state index contributed by atoms with van der Waals surface area (Å²) in [6.07, 6.45) is 66.3.